The summed E-state index contributed by atoms with van der Waals surface area (Å²) in [5.74, 6) is 0. The van der Waals surface area contributed by atoms with Gasteiger partial charge in [-0.25, -0.2) is 9.67 Å². The van der Waals surface area contributed by atoms with E-state index >= 15 is 0 Å². The molecule has 4 aromatic rings. The van der Waals surface area contributed by atoms with Gasteiger partial charge in [-0.1, -0.05) is 25.0 Å². The third-order valence-electron chi connectivity index (χ3n) is 6.57. The Kier molecular flexibility index (Phi) is 4.74. The smallest absolute Gasteiger partial charge is 0.261 e. The zero-order valence-electron chi connectivity index (χ0n) is 17.5. The molecule has 5 nitrogen and oxygen atoms in total. The molecule has 0 N–H and O–H groups in total. The van der Waals surface area contributed by atoms with E-state index in [0.29, 0.717) is 6.04 Å². The lowest BCUT2D eigenvalue weighted by Gasteiger charge is -2.16. The number of fused-ring (bicyclic) bond motifs is 1. The van der Waals surface area contributed by atoms with Gasteiger partial charge in [0.15, 0.2) is 0 Å². The van der Waals surface area contributed by atoms with E-state index in [9.17, 15) is 4.79 Å². The van der Waals surface area contributed by atoms with Gasteiger partial charge in [0.05, 0.1) is 22.9 Å². The van der Waals surface area contributed by atoms with Crippen molar-refractivity contribution in [3.05, 3.63) is 87.7 Å². The predicted octanol–water partition coefficient (Wildman–Crippen LogP) is 4.90. The first-order valence-electron chi connectivity index (χ1n) is 10.7. The molecule has 2 aromatic carbocycles. The molecule has 0 amide bonds. The van der Waals surface area contributed by atoms with Crippen LogP contribution in [0.15, 0.2) is 59.9 Å². The summed E-state index contributed by atoms with van der Waals surface area (Å²) in [5, 5.41) is 5.03. The Labute approximate surface area is 176 Å². The molecule has 1 aliphatic carbocycles. The van der Waals surface area contributed by atoms with Gasteiger partial charge in [0.1, 0.15) is 0 Å². The van der Waals surface area contributed by atoms with Gasteiger partial charge in [0, 0.05) is 18.4 Å². The highest BCUT2D eigenvalue weighted by Gasteiger charge is 2.20. The van der Waals surface area contributed by atoms with Crippen molar-refractivity contribution in [2.75, 3.05) is 0 Å². The minimum Gasteiger partial charge on any atom is -0.296 e. The van der Waals surface area contributed by atoms with E-state index in [1.54, 1.807) is 12.5 Å². The van der Waals surface area contributed by atoms with Crippen molar-refractivity contribution in [1.29, 1.82) is 0 Å². The molecule has 1 aliphatic rings. The van der Waals surface area contributed by atoms with Gasteiger partial charge in [-0.2, -0.15) is 5.10 Å². The Morgan fingerprint density at radius 2 is 1.83 bits per heavy atom. The number of aryl methyl sites for hydroxylation is 1. The summed E-state index contributed by atoms with van der Waals surface area (Å²) in [4.78, 5) is 18.0. The first kappa shape index (κ1) is 18.8. The van der Waals surface area contributed by atoms with E-state index in [1.165, 1.54) is 29.5 Å². The standard InChI is InChI=1S/C25H26N4O/c1-17-18(2)24-23(25(30)28(16-26-24)21-6-3-4-7-21)15-20(17)14-19-8-10-22(11-9-19)29-13-5-12-27-29/h5,8-13,15-16,21H,3-4,6-7,14H2,1-2H3. The van der Waals surface area contributed by atoms with Gasteiger partial charge in [-0.3, -0.25) is 9.36 Å². The number of rotatable bonds is 4. The molecule has 0 radical (unpaired) electrons. The number of nitrogens with zero attached hydrogens (tertiary/aromatic N) is 4. The minimum atomic E-state index is 0.102. The first-order valence-corrected chi connectivity index (χ1v) is 10.7. The predicted molar refractivity (Wildman–Crippen MR) is 119 cm³/mol. The van der Waals surface area contributed by atoms with Crippen LogP contribution in [-0.4, -0.2) is 19.3 Å². The molecule has 30 heavy (non-hydrogen) atoms. The fraction of sp³-hybridized carbons (Fsp3) is 0.320. The van der Waals surface area contributed by atoms with E-state index in [-0.39, 0.29) is 5.56 Å². The molecule has 0 unspecified atom stereocenters. The summed E-state index contributed by atoms with van der Waals surface area (Å²) < 4.78 is 3.72. The third kappa shape index (κ3) is 3.24. The van der Waals surface area contributed by atoms with E-state index in [1.807, 2.05) is 21.5 Å². The normalized spacial score (nSPS) is 14.6. The molecule has 2 heterocycles. The maximum atomic E-state index is 13.3. The summed E-state index contributed by atoms with van der Waals surface area (Å²) in [5.41, 5.74) is 6.70. The maximum absolute atomic E-state index is 13.3. The highest BCUT2D eigenvalue weighted by molar-refractivity contribution is 5.83. The lowest BCUT2D eigenvalue weighted by Crippen LogP contribution is -2.24. The number of hydrogen-bond donors (Lipinski definition) is 0. The quantitative estimate of drug-likeness (QED) is 0.491. The van der Waals surface area contributed by atoms with Crippen LogP contribution in [0, 0.1) is 13.8 Å². The summed E-state index contributed by atoms with van der Waals surface area (Å²) in [6.45, 7) is 4.21. The monoisotopic (exact) mass is 398 g/mol. The summed E-state index contributed by atoms with van der Waals surface area (Å²) in [7, 11) is 0. The van der Waals surface area contributed by atoms with Gasteiger partial charge in [0.2, 0.25) is 0 Å². The number of hydrogen-bond acceptors (Lipinski definition) is 3. The summed E-state index contributed by atoms with van der Waals surface area (Å²) >= 11 is 0. The van der Waals surface area contributed by atoms with Gasteiger partial charge >= 0.3 is 0 Å². The highest BCUT2D eigenvalue weighted by Crippen LogP contribution is 2.29. The molecular weight excluding hydrogens is 372 g/mol. The average Bonchev–Trinajstić information content (AvgIpc) is 3.47. The molecule has 0 spiro atoms. The second kappa shape index (κ2) is 7.56. The lowest BCUT2D eigenvalue weighted by atomic mass is 9.94. The molecule has 2 aromatic heterocycles. The lowest BCUT2D eigenvalue weighted by molar-refractivity contribution is 0.499. The molecule has 0 atom stereocenters. The Morgan fingerprint density at radius 3 is 2.53 bits per heavy atom. The van der Waals surface area contributed by atoms with Crippen LogP contribution >= 0.6 is 0 Å². The zero-order valence-corrected chi connectivity index (χ0v) is 17.5. The molecule has 0 bridgehead atoms. The van der Waals surface area contributed by atoms with E-state index in [2.05, 4.69) is 54.3 Å². The fourth-order valence-corrected chi connectivity index (χ4v) is 4.65. The van der Waals surface area contributed by atoms with Crippen LogP contribution in [0.3, 0.4) is 0 Å². The van der Waals surface area contributed by atoms with Crippen LogP contribution in [0.4, 0.5) is 0 Å². The summed E-state index contributed by atoms with van der Waals surface area (Å²) in [6.07, 6.45) is 10.8. The Morgan fingerprint density at radius 1 is 1.07 bits per heavy atom. The Balaban J connectivity index is 1.53. The zero-order chi connectivity index (χ0) is 20.7. The second-order valence-electron chi connectivity index (χ2n) is 8.37. The summed E-state index contributed by atoms with van der Waals surface area (Å²) in [6, 6.07) is 12.7. The second-order valence-corrected chi connectivity index (χ2v) is 8.37. The van der Waals surface area contributed by atoms with Gasteiger partial charge in [-0.05, 0) is 79.6 Å². The Hall–Kier alpha value is -3.21. The van der Waals surface area contributed by atoms with Crippen LogP contribution in [0.5, 0.6) is 0 Å². The number of benzene rings is 2. The highest BCUT2D eigenvalue weighted by atomic mass is 16.1. The molecular formula is C25H26N4O. The molecule has 1 fully saturated rings. The molecule has 0 aliphatic heterocycles. The first-order chi connectivity index (χ1) is 14.6. The van der Waals surface area contributed by atoms with Gasteiger partial charge in [0.25, 0.3) is 5.56 Å². The van der Waals surface area contributed by atoms with Crippen LogP contribution < -0.4 is 5.56 Å². The topological polar surface area (TPSA) is 52.7 Å². The SMILES string of the molecule is Cc1c(Cc2ccc(-n3cccn3)cc2)cc2c(=O)n(C3CCCC3)cnc2c1C. The van der Waals surface area contributed by atoms with E-state index < -0.39 is 0 Å². The third-order valence-corrected chi connectivity index (χ3v) is 6.57. The van der Waals surface area contributed by atoms with E-state index in [0.717, 1.165) is 41.4 Å². The molecule has 1 saturated carbocycles. The average molecular weight is 399 g/mol. The van der Waals surface area contributed by atoms with Crippen molar-refractivity contribution in [2.24, 2.45) is 0 Å². The molecule has 5 rings (SSSR count). The fourth-order valence-electron chi connectivity index (χ4n) is 4.65. The van der Waals surface area contributed by atoms with Crippen LogP contribution in [0.2, 0.25) is 0 Å². The Bertz CT molecular complexity index is 1250. The van der Waals surface area contributed by atoms with Crippen LogP contribution in [0.25, 0.3) is 16.6 Å². The molecule has 0 saturated heterocycles. The molecule has 5 heteroatoms. The van der Waals surface area contributed by atoms with Crippen molar-refractivity contribution in [3.8, 4) is 5.69 Å². The van der Waals surface area contributed by atoms with Gasteiger partial charge in [-0.15, -0.1) is 0 Å². The number of aromatic nitrogens is 4. The van der Waals surface area contributed by atoms with E-state index in [4.69, 9.17) is 0 Å². The van der Waals surface area contributed by atoms with Crippen molar-refractivity contribution in [1.82, 2.24) is 19.3 Å². The van der Waals surface area contributed by atoms with Gasteiger partial charge < -0.3 is 0 Å². The van der Waals surface area contributed by atoms with Crippen LogP contribution in [0.1, 0.15) is 54.0 Å². The largest absolute Gasteiger partial charge is 0.296 e. The minimum absolute atomic E-state index is 0.102. The van der Waals surface area contributed by atoms with Crippen molar-refractivity contribution < 1.29 is 0 Å². The maximum Gasteiger partial charge on any atom is 0.261 e. The van der Waals surface area contributed by atoms with Crippen LogP contribution in [-0.2, 0) is 6.42 Å². The van der Waals surface area contributed by atoms with Crippen molar-refractivity contribution >= 4 is 10.9 Å². The van der Waals surface area contributed by atoms with Crippen molar-refractivity contribution in [3.63, 3.8) is 0 Å². The molecule has 152 valence electrons. The van der Waals surface area contributed by atoms with Crippen molar-refractivity contribution in [2.45, 2.75) is 52.0 Å².